The molecule has 1 atom stereocenters. The van der Waals surface area contributed by atoms with Crippen molar-refractivity contribution in [3.63, 3.8) is 0 Å². The molecule has 2 aromatic rings. The molecule has 2 rings (SSSR count). The Labute approximate surface area is 163 Å². The topological polar surface area (TPSA) is 75.3 Å². The van der Waals surface area contributed by atoms with Crippen molar-refractivity contribution < 1.29 is 14.4 Å². The molecule has 6 heteroatoms. The number of hydrogen-bond donors (Lipinski definition) is 2. The second-order valence-corrected chi connectivity index (χ2v) is 7.62. The SMILES string of the molecule is CCCC(=O)Nc1ccc(C(=O)[C@H](C)Sc2ccc(NC(C)=O)cc2)cc1. The van der Waals surface area contributed by atoms with Crippen LogP contribution in [0.4, 0.5) is 11.4 Å². The van der Waals surface area contributed by atoms with E-state index in [2.05, 4.69) is 10.6 Å². The van der Waals surface area contributed by atoms with E-state index >= 15 is 0 Å². The van der Waals surface area contributed by atoms with Gasteiger partial charge in [-0.1, -0.05) is 6.92 Å². The van der Waals surface area contributed by atoms with Crippen LogP contribution in [0.15, 0.2) is 53.4 Å². The van der Waals surface area contributed by atoms with Crippen LogP contribution in [0.1, 0.15) is 44.0 Å². The summed E-state index contributed by atoms with van der Waals surface area (Å²) >= 11 is 1.46. The summed E-state index contributed by atoms with van der Waals surface area (Å²) in [5, 5.41) is 5.27. The third-order valence-corrected chi connectivity index (χ3v) is 4.90. The number of nitrogens with one attached hydrogen (secondary N) is 2. The smallest absolute Gasteiger partial charge is 0.224 e. The second kappa shape index (κ2) is 9.92. The molecule has 142 valence electrons. The van der Waals surface area contributed by atoms with E-state index in [4.69, 9.17) is 0 Å². The number of amides is 2. The highest BCUT2D eigenvalue weighted by molar-refractivity contribution is 8.00. The van der Waals surface area contributed by atoms with Gasteiger partial charge in [0.15, 0.2) is 5.78 Å². The predicted octanol–water partition coefficient (Wildman–Crippen LogP) is 4.75. The van der Waals surface area contributed by atoms with Crippen LogP contribution in [0.25, 0.3) is 0 Å². The van der Waals surface area contributed by atoms with Crippen LogP contribution < -0.4 is 10.6 Å². The molecule has 0 heterocycles. The first-order chi connectivity index (χ1) is 12.9. The van der Waals surface area contributed by atoms with Gasteiger partial charge < -0.3 is 10.6 Å². The van der Waals surface area contributed by atoms with E-state index in [9.17, 15) is 14.4 Å². The summed E-state index contributed by atoms with van der Waals surface area (Å²) in [6.45, 7) is 5.28. The summed E-state index contributed by atoms with van der Waals surface area (Å²) in [5.41, 5.74) is 2.03. The molecular formula is C21H24N2O3S. The van der Waals surface area contributed by atoms with E-state index in [0.29, 0.717) is 17.7 Å². The maximum atomic E-state index is 12.6. The molecule has 5 nitrogen and oxygen atoms in total. The van der Waals surface area contributed by atoms with Gasteiger partial charge in [0.05, 0.1) is 5.25 Å². The Kier molecular flexibility index (Phi) is 7.61. The average Bonchev–Trinajstić information content (AvgIpc) is 2.63. The average molecular weight is 385 g/mol. The molecule has 0 unspecified atom stereocenters. The third-order valence-electron chi connectivity index (χ3n) is 3.79. The fourth-order valence-electron chi connectivity index (χ4n) is 2.48. The molecule has 0 aliphatic heterocycles. The zero-order valence-corrected chi connectivity index (χ0v) is 16.6. The number of Topliss-reactive ketones (excluding diaryl/α,β-unsaturated/α-hetero) is 1. The van der Waals surface area contributed by atoms with Crippen molar-refractivity contribution in [2.75, 3.05) is 10.6 Å². The first kappa shape index (κ1) is 20.7. The fourth-order valence-corrected chi connectivity index (χ4v) is 3.43. The summed E-state index contributed by atoms with van der Waals surface area (Å²) < 4.78 is 0. The second-order valence-electron chi connectivity index (χ2n) is 6.21. The van der Waals surface area contributed by atoms with Gasteiger partial charge in [0, 0.05) is 35.2 Å². The lowest BCUT2D eigenvalue weighted by atomic mass is 10.1. The highest BCUT2D eigenvalue weighted by Gasteiger charge is 2.16. The van der Waals surface area contributed by atoms with Crippen LogP contribution in [0.5, 0.6) is 0 Å². The lowest BCUT2D eigenvalue weighted by Gasteiger charge is -2.12. The first-order valence-corrected chi connectivity index (χ1v) is 9.75. The van der Waals surface area contributed by atoms with Gasteiger partial charge in [-0.2, -0.15) is 0 Å². The largest absolute Gasteiger partial charge is 0.326 e. The monoisotopic (exact) mass is 384 g/mol. The molecule has 0 saturated heterocycles. The van der Waals surface area contributed by atoms with Crippen molar-refractivity contribution in [2.24, 2.45) is 0 Å². The predicted molar refractivity (Wildman–Crippen MR) is 110 cm³/mol. The van der Waals surface area contributed by atoms with Crippen LogP contribution >= 0.6 is 11.8 Å². The van der Waals surface area contributed by atoms with Gasteiger partial charge in [-0.25, -0.2) is 0 Å². The Bertz CT molecular complexity index is 801. The highest BCUT2D eigenvalue weighted by atomic mass is 32.2. The van der Waals surface area contributed by atoms with E-state index in [1.54, 1.807) is 24.3 Å². The van der Waals surface area contributed by atoms with Crippen LogP contribution in [0.3, 0.4) is 0 Å². The molecule has 0 aliphatic carbocycles. The number of carbonyl (C=O) groups is 3. The van der Waals surface area contributed by atoms with Crippen LogP contribution in [-0.4, -0.2) is 22.8 Å². The number of thioether (sulfide) groups is 1. The van der Waals surface area contributed by atoms with E-state index in [1.807, 2.05) is 38.1 Å². The maximum Gasteiger partial charge on any atom is 0.224 e. The summed E-state index contributed by atoms with van der Waals surface area (Å²) in [4.78, 5) is 36.3. The molecule has 27 heavy (non-hydrogen) atoms. The highest BCUT2D eigenvalue weighted by Crippen LogP contribution is 2.27. The molecule has 2 aromatic carbocycles. The van der Waals surface area contributed by atoms with Gasteiger partial charge in [0.1, 0.15) is 0 Å². The van der Waals surface area contributed by atoms with E-state index < -0.39 is 0 Å². The molecule has 0 radical (unpaired) electrons. The molecule has 2 N–H and O–H groups in total. The quantitative estimate of drug-likeness (QED) is 0.509. The standard InChI is InChI=1S/C21H24N2O3S/c1-4-5-20(25)23-18-8-6-16(7-9-18)21(26)14(2)27-19-12-10-17(11-13-19)22-15(3)24/h6-14H,4-5H2,1-3H3,(H,22,24)(H,23,25)/t14-/m0/s1. The van der Waals surface area contributed by atoms with Gasteiger partial charge in [-0.05, 0) is 61.9 Å². The fraction of sp³-hybridized carbons (Fsp3) is 0.286. The molecule has 0 spiro atoms. The number of anilines is 2. The summed E-state index contributed by atoms with van der Waals surface area (Å²) in [6, 6.07) is 14.4. The Balaban J connectivity index is 1.96. The molecule has 2 amide bonds. The van der Waals surface area contributed by atoms with Crippen molar-refractivity contribution in [2.45, 2.75) is 43.8 Å². The summed E-state index contributed by atoms with van der Waals surface area (Å²) in [5.74, 6) is -0.117. The van der Waals surface area contributed by atoms with Crippen molar-refractivity contribution >= 4 is 40.7 Å². The van der Waals surface area contributed by atoms with Crippen molar-refractivity contribution in [1.29, 1.82) is 0 Å². The summed E-state index contributed by atoms with van der Waals surface area (Å²) in [7, 11) is 0. The molecule has 0 aliphatic rings. The number of carbonyl (C=O) groups excluding carboxylic acids is 3. The molecular weight excluding hydrogens is 360 g/mol. The lowest BCUT2D eigenvalue weighted by molar-refractivity contribution is -0.116. The van der Waals surface area contributed by atoms with Gasteiger partial charge >= 0.3 is 0 Å². The normalized spacial score (nSPS) is 11.5. The van der Waals surface area contributed by atoms with Crippen molar-refractivity contribution in [3.8, 4) is 0 Å². The van der Waals surface area contributed by atoms with Crippen LogP contribution in [0.2, 0.25) is 0 Å². The van der Waals surface area contributed by atoms with Crippen LogP contribution in [-0.2, 0) is 9.59 Å². The number of benzene rings is 2. The van der Waals surface area contributed by atoms with Gasteiger partial charge in [-0.3, -0.25) is 14.4 Å². The minimum Gasteiger partial charge on any atom is -0.326 e. The van der Waals surface area contributed by atoms with Gasteiger partial charge in [-0.15, -0.1) is 11.8 Å². The van der Waals surface area contributed by atoms with Gasteiger partial charge in [0.25, 0.3) is 0 Å². The van der Waals surface area contributed by atoms with Gasteiger partial charge in [0.2, 0.25) is 11.8 Å². The number of rotatable bonds is 8. The Morgan fingerprint density at radius 3 is 2.04 bits per heavy atom. The maximum absolute atomic E-state index is 12.6. The third kappa shape index (κ3) is 6.57. The van der Waals surface area contributed by atoms with Crippen molar-refractivity contribution in [1.82, 2.24) is 0 Å². The first-order valence-electron chi connectivity index (χ1n) is 8.87. The zero-order valence-electron chi connectivity index (χ0n) is 15.7. The lowest BCUT2D eigenvalue weighted by Crippen LogP contribution is -2.14. The minimum absolute atomic E-state index is 0.0248. The Morgan fingerprint density at radius 1 is 0.926 bits per heavy atom. The van der Waals surface area contributed by atoms with Crippen molar-refractivity contribution in [3.05, 3.63) is 54.1 Å². The van der Waals surface area contributed by atoms with E-state index in [1.165, 1.54) is 18.7 Å². The summed E-state index contributed by atoms with van der Waals surface area (Å²) in [6.07, 6.45) is 1.28. The minimum atomic E-state index is -0.253. The zero-order chi connectivity index (χ0) is 19.8. The molecule has 0 fully saturated rings. The van der Waals surface area contributed by atoms with E-state index in [0.717, 1.165) is 17.0 Å². The number of ketones is 1. The van der Waals surface area contributed by atoms with E-state index in [-0.39, 0.29) is 22.8 Å². The van der Waals surface area contributed by atoms with Crippen LogP contribution in [0, 0.1) is 0 Å². The number of hydrogen-bond acceptors (Lipinski definition) is 4. The Morgan fingerprint density at radius 2 is 1.48 bits per heavy atom. The Hall–Kier alpha value is -2.60. The molecule has 0 aromatic heterocycles. The molecule has 0 saturated carbocycles. The molecule has 0 bridgehead atoms.